The molecule has 3 aromatic rings. The van der Waals surface area contributed by atoms with Crippen LogP contribution in [0.1, 0.15) is 15.9 Å². The summed E-state index contributed by atoms with van der Waals surface area (Å²) in [4.78, 5) is 26.0. The zero-order valence-electron chi connectivity index (χ0n) is 18.0. The maximum Gasteiger partial charge on any atom is 0.490 e. The Kier molecular flexibility index (Phi) is 7.61. The van der Waals surface area contributed by atoms with Crippen LogP contribution in [0.2, 0.25) is 0 Å². The molecular formula is C22H20F3N3O5S. The largest absolute Gasteiger partial charge is 0.497 e. The van der Waals surface area contributed by atoms with E-state index in [1.54, 1.807) is 32.4 Å². The third kappa shape index (κ3) is 6.16. The number of carbonyl (C=O) groups is 2. The Morgan fingerprint density at radius 3 is 2.35 bits per heavy atom. The van der Waals surface area contributed by atoms with Crippen LogP contribution in [0, 0.1) is 0 Å². The topological polar surface area (TPSA) is 110 Å². The highest BCUT2D eigenvalue weighted by atomic mass is 32.1. The minimum absolute atomic E-state index is 0.258. The van der Waals surface area contributed by atoms with E-state index in [9.17, 15) is 18.0 Å². The fraction of sp³-hybridized carbons (Fsp3) is 0.227. The minimum atomic E-state index is -5.08. The Bertz CT molecular complexity index is 1170. The van der Waals surface area contributed by atoms with Crippen LogP contribution in [0.4, 0.5) is 24.0 Å². The average Bonchev–Trinajstić information content (AvgIpc) is 3.47. The molecule has 180 valence electrons. The minimum Gasteiger partial charge on any atom is -0.497 e. The molecule has 0 bridgehead atoms. The molecule has 3 N–H and O–H groups in total. The van der Waals surface area contributed by atoms with Crippen LogP contribution in [-0.2, 0) is 11.2 Å². The lowest BCUT2D eigenvalue weighted by atomic mass is 10.1. The third-order valence-electron chi connectivity index (χ3n) is 4.69. The fourth-order valence-electron chi connectivity index (χ4n) is 3.04. The molecule has 0 saturated carbocycles. The van der Waals surface area contributed by atoms with Gasteiger partial charge in [0.15, 0.2) is 5.13 Å². The summed E-state index contributed by atoms with van der Waals surface area (Å²) >= 11 is 1.40. The van der Waals surface area contributed by atoms with Crippen LogP contribution >= 0.6 is 11.3 Å². The van der Waals surface area contributed by atoms with E-state index in [2.05, 4.69) is 27.8 Å². The van der Waals surface area contributed by atoms with E-state index in [1.165, 1.54) is 22.6 Å². The number of thiazole rings is 1. The fourth-order valence-corrected chi connectivity index (χ4v) is 3.75. The third-order valence-corrected chi connectivity index (χ3v) is 5.45. The first-order valence-electron chi connectivity index (χ1n) is 9.78. The Hall–Kier alpha value is -3.80. The van der Waals surface area contributed by atoms with Gasteiger partial charge in [-0.1, -0.05) is 6.07 Å². The van der Waals surface area contributed by atoms with Gasteiger partial charge in [-0.2, -0.15) is 13.2 Å². The van der Waals surface area contributed by atoms with Crippen molar-refractivity contribution in [3.05, 3.63) is 52.9 Å². The van der Waals surface area contributed by atoms with Gasteiger partial charge in [-0.15, -0.1) is 11.3 Å². The first kappa shape index (κ1) is 24.8. The summed E-state index contributed by atoms with van der Waals surface area (Å²) in [7, 11) is 3.10. The van der Waals surface area contributed by atoms with Crippen molar-refractivity contribution >= 4 is 34.0 Å². The molecule has 4 rings (SSSR count). The quantitative estimate of drug-likeness (QED) is 0.472. The number of carbonyl (C=O) groups excluding carboxylic acids is 1. The maximum absolute atomic E-state index is 12.6. The summed E-state index contributed by atoms with van der Waals surface area (Å²) in [5.74, 6) is -1.89. The number of halogens is 3. The predicted octanol–water partition coefficient (Wildman–Crippen LogP) is 4.68. The van der Waals surface area contributed by atoms with Crippen molar-refractivity contribution in [2.45, 2.75) is 12.6 Å². The van der Waals surface area contributed by atoms with E-state index in [4.69, 9.17) is 19.4 Å². The molecule has 0 fully saturated rings. The Morgan fingerprint density at radius 2 is 1.76 bits per heavy atom. The number of nitrogens with zero attached hydrogens (tertiary/aromatic N) is 1. The Morgan fingerprint density at radius 1 is 1.12 bits per heavy atom. The van der Waals surface area contributed by atoms with E-state index in [-0.39, 0.29) is 5.91 Å². The molecule has 0 radical (unpaired) electrons. The van der Waals surface area contributed by atoms with Gasteiger partial charge in [-0.25, -0.2) is 9.78 Å². The number of amides is 1. The number of hydrogen-bond donors (Lipinski definition) is 3. The molecule has 1 aliphatic heterocycles. The second-order valence-electron chi connectivity index (χ2n) is 6.94. The zero-order chi connectivity index (χ0) is 24.9. The van der Waals surface area contributed by atoms with Crippen LogP contribution in [0.15, 0.2) is 41.8 Å². The summed E-state index contributed by atoms with van der Waals surface area (Å²) in [6.07, 6.45) is -4.06. The van der Waals surface area contributed by atoms with Crippen molar-refractivity contribution in [2.75, 3.05) is 31.4 Å². The van der Waals surface area contributed by atoms with E-state index in [0.29, 0.717) is 22.2 Å². The molecule has 0 atom stereocenters. The van der Waals surface area contributed by atoms with Gasteiger partial charge in [0.2, 0.25) is 0 Å². The van der Waals surface area contributed by atoms with Gasteiger partial charge in [0.25, 0.3) is 5.91 Å². The lowest BCUT2D eigenvalue weighted by Crippen LogP contribution is -2.21. The van der Waals surface area contributed by atoms with Gasteiger partial charge in [-0.05, 0) is 36.2 Å². The number of alkyl halides is 3. The van der Waals surface area contributed by atoms with Crippen molar-refractivity contribution in [3.63, 3.8) is 0 Å². The van der Waals surface area contributed by atoms with Crippen LogP contribution < -0.4 is 20.1 Å². The number of carboxylic acids is 1. The number of carboxylic acid groups (broad SMARTS) is 1. The number of anilines is 2. The monoisotopic (exact) mass is 495 g/mol. The predicted molar refractivity (Wildman–Crippen MR) is 121 cm³/mol. The molecule has 34 heavy (non-hydrogen) atoms. The molecule has 0 aliphatic carbocycles. The number of benzene rings is 2. The number of methoxy groups -OCH3 is 2. The standard InChI is InChI=1S/C20H19N3O3S.C2HF3O2/c1-25-15-8-14(9-16(10-15)26-2)19(24)23-20-22-18(11-27-20)12-3-4-17-13(7-12)5-6-21-17;3-2(4,5)1(6)7/h3-4,7-11,21H,5-6H2,1-2H3,(H,22,23,24);(H,6,7). The molecule has 8 nitrogen and oxygen atoms in total. The second kappa shape index (κ2) is 10.4. The lowest BCUT2D eigenvalue weighted by Gasteiger charge is -2.08. The lowest BCUT2D eigenvalue weighted by molar-refractivity contribution is -0.192. The van der Waals surface area contributed by atoms with E-state index in [0.717, 1.165) is 24.2 Å². The zero-order valence-corrected chi connectivity index (χ0v) is 18.8. The van der Waals surface area contributed by atoms with Crippen LogP contribution in [0.25, 0.3) is 11.3 Å². The molecule has 1 amide bonds. The van der Waals surface area contributed by atoms with Gasteiger partial charge in [0.05, 0.1) is 19.9 Å². The smallest absolute Gasteiger partial charge is 0.490 e. The SMILES string of the molecule is COc1cc(OC)cc(C(=O)Nc2nc(-c3ccc4c(c3)CCN4)cs2)c1.O=C(O)C(F)(F)F. The number of hydrogen-bond acceptors (Lipinski definition) is 7. The van der Waals surface area contributed by atoms with Crippen molar-refractivity contribution in [3.8, 4) is 22.8 Å². The maximum atomic E-state index is 12.6. The second-order valence-corrected chi connectivity index (χ2v) is 7.80. The van der Waals surface area contributed by atoms with E-state index >= 15 is 0 Å². The van der Waals surface area contributed by atoms with Gasteiger partial charge >= 0.3 is 12.1 Å². The first-order valence-corrected chi connectivity index (χ1v) is 10.7. The summed E-state index contributed by atoms with van der Waals surface area (Å²) in [6, 6.07) is 11.3. The molecule has 2 heterocycles. The van der Waals surface area contributed by atoms with Crippen molar-refractivity contribution in [2.24, 2.45) is 0 Å². The van der Waals surface area contributed by atoms with Gasteiger partial charge < -0.3 is 19.9 Å². The number of aliphatic carboxylic acids is 1. The molecule has 1 aromatic heterocycles. The van der Waals surface area contributed by atoms with Gasteiger partial charge in [0.1, 0.15) is 11.5 Å². The van der Waals surface area contributed by atoms with Crippen molar-refractivity contribution in [1.82, 2.24) is 4.98 Å². The number of fused-ring (bicyclic) bond motifs is 1. The van der Waals surface area contributed by atoms with Gasteiger partial charge in [0, 0.05) is 34.8 Å². The van der Waals surface area contributed by atoms with Crippen LogP contribution in [-0.4, -0.2) is 48.9 Å². The number of rotatable bonds is 5. The van der Waals surface area contributed by atoms with Crippen molar-refractivity contribution < 1.29 is 37.3 Å². The molecule has 1 aliphatic rings. The molecule has 0 unspecified atom stereocenters. The first-order chi connectivity index (χ1) is 16.1. The Labute approximate surface area is 196 Å². The molecule has 12 heteroatoms. The summed E-state index contributed by atoms with van der Waals surface area (Å²) in [5, 5.41) is 15.8. The van der Waals surface area contributed by atoms with Gasteiger partial charge in [-0.3, -0.25) is 10.1 Å². The summed E-state index contributed by atoms with van der Waals surface area (Å²) in [5.41, 5.74) is 4.85. The van der Waals surface area contributed by atoms with E-state index in [1.807, 2.05) is 11.4 Å². The average molecular weight is 495 g/mol. The number of aromatic nitrogens is 1. The van der Waals surface area contributed by atoms with E-state index < -0.39 is 12.1 Å². The number of nitrogens with one attached hydrogen (secondary N) is 2. The summed E-state index contributed by atoms with van der Waals surface area (Å²) < 4.78 is 42.2. The van der Waals surface area contributed by atoms with Crippen LogP contribution in [0.5, 0.6) is 11.5 Å². The van der Waals surface area contributed by atoms with Crippen LogP contribution in [0.3, 0.4) is 0 Å². The summed E-state index contributed by atoms with van der Waals surface area (Å²) in [6.45, 7) is 0.973. The molecule has 0 saturated heterocycles. The highest BCUT2D eigenvalue weighted by molar-refractivity contribution is 7.14. The normalized spacial score (nSPS) is 12.0. The Balaban J connectivity index is 0.000000406. The molecule has 2 aromatic carbocycles. The molecular weight excluding hydrogens is 475 g/mol. The molecule has 0 spiro atoms. The highest BCUT2D eigenvalue weighted by Crippen LogP contribution is 2.31. The highest BCUT2D eigenvalue weighted by Gasteiger charge is 2.38. The number of ether oxygens (including phenoxy) is 2. The van der Waals surface area contributed by atoms with Crippen molar-refractivity contribution in [1.29, 1.82) is 0 Å².